The average molecular weight is 359 g/mol. The van der Waals surface area contributed by atoms with Crippen molar-refractivity contribution in [2.24, 2.45) is 0 Å². The van der Waals surface area contributed by atoms with Crippen molar-refractivity contribution in [2.75, 3.05) is 53.8 Å². The van der Waals surface area contributed by atoms with Gasteiger partial charge in [0.15, 0.2) is 6.29 Å². The Kier molecular flexibility index (Phi) is 11.5. The summed E-state index contributed by atoms with van der Waals surface area (Å²) < 4.78 is 11.2. The minimum Gasteiger partial charge on any atom is -0.480 e. The fourth-order valence-electron chi connectivity index (χ4n) is 1.81. The van der Waals surface area contributed by atoms with Gasteiger partial charge in [-0.15, -0.1) is 0 Å². The molecule has 0 aromatic rings. The van der Waals surface area contributed by atoms with E-state index in [-0.39, 0.29) is 12.5 Å². The summed E-state index contributed by atoms with van der Waals surface area (Å²) >= 11 is 0. The van der Waals surface area contributed by atoms with Crippen LogP contribution in [-0.4, -0.2) is 97.2 Å². The highest BCUT2D eigenvalue weighted by atomic mass is 33.1. The van der Waals surface area contributed by atoms with E-state index in [0.717, 1.165) is 34.1 Å². The number of ether oxygens (including phenoxy) is 2. The Hall–Kier alpha value is -0.0300. The van der Waals surface area contributed by atoms with Crippen molar-refractivity contribution in [1.29, 1.82) is 0 Å². The fraction of sp³-hybridized carbons (Fsp3) is 0.923. The number of hydrogen-bond acceptors (Lipinski definition) is 7. The van der Waals surface area contributed by atoms with Gasteiger partial charge in [0.2, 0.25) is 0 Å². The van der Waals surface area contributed by atoms with Crippen LogP contribution in [0, 0.1) is 0 Å². The Morgan fingerprint density at radius 1 is 1.27 bits per heavy atom. The fourth-order valence-corrected chi connectivity index (χ4v) is 4.46. The Morgan fingerprint density at radius 2 is 1.91 bits per heavy atom. The quantitative estimate of drug-likeness (QED) is 0.187. The molecule has 132 valence electrons. The molecule has 7 nitrogen and oxygen atoms in total. The molecular weight excluding hydrogens is 330 g/mol. The highest BCUT2D eigenvalue weighted by molar-refractivity contribution is 8.77. The lowest BCUT2D eigenvalue weighted by molar-refractivity contribution is -0.891. The molecule has 22 heavy (non-hydrogen) atoms. The third-order valence-electron chi connectivity index (χ3n) is 3.05. The van der Waals surface area contributed by atoms with E-state index in [9.17, 15) is 4.79 Å². The van der Waals surface area contributed by atoms with E-state index in [1.165, 1.54) is 10.8 Å². The average Bonchev–Trinajstić information content (AvgIpc) is 2.40. The van der Waals surface area contributed by atoms with Crippen molar-refractivity contribution in [3.05, 3.63) is 0 Å². The molecule has 0 bridgehead atoms. The number of methoxy groups -OCH3 is 2. The van der Waals surface area contributed by atoms with Crippen LogP contribution in [0.3, 0.4) is 0 Å². The summed E-state index contributed by atoms with van der Waals surface area (Å²) in [6, 6.07) is 0. The summed E-state index contributed by atoms with van der Waals surface area (Å²) in [6.07, 6.45) is -1.75. The third-order valence-corrected chi connectivity index (χ3v) is 5.77. The van der Waals surface area contributed by atoms with Crippen molar-refractivity contribution in [3.8, 4) is 0 Å². The number of aliphatic carboxylic acids is 1. The first kappa shape index (κ1) is 22.0. The molecule has 2 unspecified atom stereocenters. The Bertz CT molecular complexity index is 317. The van der Waals surface area contributed by atoms with Crippen LogP contribution in [0.2, 0.25) is 0 Å². The summed E-state index contributed by atoms with van der Waals surface area (Å²) in [5, 5.41) is 25.9. The molecule has 2 atom stereocenters. The number of carboxylic acid groups (broad SMARTS) is 1. The summed E-state index contributed by atoms with van der Waals surface area (Å²) in [6.45, 7) is 2.18. The largest absolute Gasteiger partial charge is 0.480 e. The van der Waals surface area contributed by atoms with Crippen LogP contribution in [0.5, 0.6) is 0 Å². The molecule has 0 rings (SSSR count). The van der Waals surface area contributed by atoms with E-state index in [0.29, 0.717) is 6.61 Å². The van der Waals surface area contributed by atoms with Crippen LogP contribution in [-0.2, 0) is 14.3 Å². The molecule has 3 N–H and O–H groups in total. The molecule has 0 aromatic carbocycles. The van der Waals surface area contributed by atoms with Gasteiger partial charge in [-0.2, -0.15) is 0 Å². The van der Waals surface area contributed by atoms with E-state index in [2.05, 4.69) is 14.1 Å². The molecular formula is C13H28NO6S2+. The van der Waals surface area contributed by atoms with Gasteiger partial charge >= 0.3 is 5.97 Å². The number of hydrogen-bond donors (Lipinski definition) is 3. The van der Waals surface area contributed by atoms with E-state index >= 15 is 0 Å². The number of nitrogens with zero attached hydrogens (tertiary/aromatic N) is 1. The first-order chi connectivity index (χ1) is 10.2. The third kappa shape index (κ3) is 10.7. The van der Waals surface area contributed by atoms with Crippen molar-refractivity contribution >= 4 is 27.6 Å². The van der Waals surface area contributed by atoms with Crippen LogP contribution in [0.25, 0.3) is 0 Å². The molecule has 0 aliphatic carbocycles. The van der Waals surface area contributed by atoms with E-state index in [1.54, 1.807) is 14.2 Å². The number of carbonyl (C=O) groups is 1. The molecule has 0 amide bonds. The van der Waals surface area contributed by atoms with Crippen LogP contribution in [0.1, 0.15) is 6.42 Å². The number of quaternary nitrogens is 1. The minimum atomic E-state index is -1.60. The highest BCUT2D eigenvalue weighted by Gasteiger charge is 2.24. The molecule has 0 aromatic heterocycles. The number of likely N-dealkylation sites (N-methyl/N-ethyl adjacent to an activating group) is 1. The summed E-state index contributed by atoms with van der Waals surface area (Å²) in [5.41, 5.74) is 0. The zero-order chi connectivity index (χ0) is 17.2. The minimum absolute atomic E-state index is 0.0222. The van der Waals surface area contributed by atoms with Crippen LogP contribution >= 0.6 is 21.6 Å². The molecule has 0 spiro atoms. The molecule has 0 aliphatic heterocycles. The first-order valence-electron chi connectivity index (χ1n) is 6.92. The molecule has 0 fully saturated rings. The predicted octanol–water partition coefficient (Wildman–Crippen LogP) is 0.260. The molecule has 0 aliphatic rings. The van der Waals surface area contributed by atoms with Crippen LogP contribution < -0.4 is 0 Å². The van der Waals surface area contributed by atoms with Gasteiger partial charge < -0.3 is 29.3 Å². The van der Waals surface area contributed by atoms with Gasteiger partial charge in [-0.1, -0.05) is 21.6 Å². The van der Waals surface area contributed by atoms with Gasteiger partial charge in [0.1, 0.15) is 17.9 Å². The van der Waals surface area contributed by atoms with Crippen molar-refractivity contribution in [1.82, 2.24) is 0 Å². The number of rotatable bonds is 13. The summed E-state index contributed by atoms with van der Waals surface area (Å²) in [7, 11) is 10.1. The predicted molar refractivity (Wildman–Crippen MR) is 88.8 cm³/mol. The topological polar surface area (TPSA) is 96.2 Å². The second kappa shape index (κ2) is 11.5. The SMILES string of the molecule is COCC(C[N+](C)(C)CCSSC(CC(O)O)C(=O)O)OC. The van der Waals surface area contributed by atoms with Crippen LogP contribution in [0.4, 0.5) is 0 Å². The molecule has 0 radical (unpaired) electrons. The standard InChI is InChI=1S/C13H27NO6S2/c1-14(2,8-10(20-4)9-19-3)5-6-21-22-11(13(17)18)7-12(15)16/h10-12,15-16H,5-9H2,1-4H3/p+1. The van der Waals surface area contributed by atoms with E-state index in [1.807, 2.05) is 0 Å². The zero-order valence-electron chi connectivity index (χ0n) is 13.6. The molecule has 0 saturated carbocycles. The smallest absolute Gasteiger partial charge is 0.317 e. The van der Waals surface area contributed by atoms with Gasteiger partial charge in [-0.25, -0.2) is 0 Å². The van der Waals surface area contributed by atoms with Gasteiger partial charge in [-0.05, 0) is 0 Å². The molecule has 9 heteroatoms. The lowest BCUT2D eigenvalue weighted by atomic mass is 10.3. The lowest BCUT2D eigenvalue weighted by Gasteiger charge is -2.32. The number of carboxylic acids is 1. The van der Waals surface area contributed by atoms with Crippen LogP contribution in [0.15, 0.2) is 0 Å². The monoisotopic (exact) mass is 358 g/mol. The van der Waals surface area contributed by atoms with Gasteiger partial charge in [0, 0.05) is 20.6 Å². The van der Waals surface area contributed by atoms with Gasteiger partial charge in [0.25, 0.3) is 0 Å². The Balaban J connectivity index is 4.12. The van der Waals surface area contributed by atoms with Gasteiger partial charge in [0.05, 0.1) is 33.0 Å². The normalized spacial score (nSPS) is 15.0. The van der Waals surface area contributed by atoms with E-state index in [4.69, 9.17) is 24.8 Å². The summed E-state index contributed by atoms with van der Waals surface area (Å²) in [4.78, 5) is 11.0. The van der Waals surface area contributed by atoms with Gasteiger partial charge in [-0.3, -0.25) is 4.79 Å². The maximum Gasteiger partial charge on any atom is 0.317 e. The van der Waals surface area contributed by atoms with E-state index < -0.39 is 17.5 Å². The first-order valence-corrected chi connectivity index (χ1v) is 9.31. The second-order valence-corrected chi connectivity index (χ2v) is 8.31. The number of aliphatic hydroxyl groups is 2. The zero-order valence-corrected chi connectivity index (χ0v) is 15.2. The van der Waals surface area contributed by atoms with Crippen molar-refractivity contribution in [2.45, 2.75) is 24.1 Å². The van der Waals surface area contributed by atoms with Crippen molar-refractivity contribution < 1.29 is 34.1 Å². The lowest BCUT2D eigenvalue weighted by Crippen LogP contribution is -2.48. The van der Waals surface area contributed by atoms with Crippen molar-refractivity contribution in [3.63, 3.8) is 0 Å². The molecule has 0 saturated heterocycles. The number of aliphatic hydroxyl groups excluding tert-OH is 1. The maximum atomic E-state index is 11.0. The maximum absolute atomic E-state index is 11.0. The second-order valence-electron chi connectivity index (χ2n) is 5.62. The Labute approximate surface area is 140 Å². The summed E-state index contributed by atoms with van der Waals surface area (Å²) in [5.74, 6) is -0.272. The Morgan fingerprint density at radius 3 is 2.36 bits per heavy atom. The highest BCUT2D eigenvalue weighted by Crippen LogP contribution is 2.30. The molecule has 0 heterocycles.